The summed E-state index contributed by atoms with van der Waals surface area (Å²) in [6.45, 7) is 2.97. The van der Waals surface area contributed by atoms with Crippen molar-refractivity contribution in [3.63, 3.8) is 0 Å². The Labute approximate surface area is 74.4 Å². The van der Waals surface area contributed by atoms with Crippen LogP contribution in [-0.2, 0) is 4.79 Å². The molecule has 0 atom stereocenters. The molecule has 1 rings (SSSR count). The van der Waals surface area contributed by atoms with Gasteiger partial charge < -0.3 is 0 Å². The molecular weight excluding hydrogens is 172 g/mol. The van der Waals surface area contributed by atoms with E-state index in [0.717, 1.165) is 0 Å². The quantitative estimate of drug-likeness (QED) is 0.633. The molecule has 0 unspecified atom stereocenters. The molecule has 6 heteroatoms. The van der Waals surface area contributed by atoms with Gasteiger partial charge in [-0.3, -0.25) is 20.4 Å². The van der Waals surface area contributed by atoms with Crippen LogP contribution < -0.4 is 10.6 Å². The van der Waals surface area contributed by atoms with Gasteiger partial charge in [-0.25, -0.2) is 9.78 Å². The Morgan fingerprint density at radius 1 is 1.38 bits per heavy atom. The molecule has 0 aliphatic heterocycles. The molecule has 0 aliphatic rings. The number of nitrogens with one attached hydrogen (secondary N) is 2. The van der Waals surface area contributed by atoms with E-state index in [1.54, 1.807) is 0 Å². The van der Waals surface area contributed by atoms with E-state index in [2.05, 4.69) is 22.2 Å². The highest BCUT2D eigenvalue weighted by molar-refractivity contribution is 6.01. The summed E-state index contributed by atoms with van der Waals surface area (Å²) in [7, 11) is 0. The number of imide groups is 1. The van der Waals surface area contributed by atoms with Crippen LogP contribution in [0.5, 0.6) is 0 Å². The van der Waals surface area contributed by atoms with Gasteiger partial charge >= 0.3 is 6.03 Å². The number of carbonyl (C=O) groups excluding carboxylic acids is 2. The number of hydrogen-bond donors (Lipinski definition) is 2. The molecule has 0 saturated carbocycles. The van der Waals surface area contributed by atoms with Crippen molar-refractivity contribution in [2.24, 2.45) is 0 Å². The third-order valence-corrected chi connectivity index (χ3v) is 1.06. The Balaban J connectivity index is 2.50. The van der Waals surface area contributed by atoms with Crippen LogP contribution in [0.3, 0.4) is 0 Å². The Bertz CT molecular complexity index is 312. The van der Waals surface area contributed by atoms with Gasteiger partial charge in [-0.2, -0.15) is 0 Å². The maximum absolute atomic E-state index is 10.9. The lowest BCUT2D eigenvalue weighted by Gasteiger charge is -2.01. The number of carbonyl (C=O) groups is 2. The number of amides is 3. The molecule has 2 N–H and O–H groups in total. The number of rotatable bonds is 1. The lowest BCUT2D eigenvalue weighted by molar-refractivity contribution is -0.115. The molecule has 13 heavy (non-hydrogen) atoms. The Morgan fingerprint density at radius 2 is 2.15 bits per heavy atom. The molecule has 1 radical (unpaired) electrons. The Kier molecular flexibility index (Phi) is 2.91. The zero-order chi connectivity index (χ0) is 9.68. The number of hydrogen-bond acceptors (Lipinski definition) is 4. The second-order valence-corrected chi connectivity index (χ2v) is 2.09. The molecule has 0 bridgehead atoms. The van der Waals surface area contributed by atoms with E-state index in [9.17, 15) is 9.59 Å². The van der Waals surface area contributed by atoms with Crippen LogP contribution in [0.4, 0.5) is 10.6 Å². The molecular formula is C7H7N4O2. The maximum atomic E-state index is 10.9. The Morgan fingerprint density at radius 3 is 2.69 bits per heavy atom. The number of nitrogens with zero attached hydrogens (tertiary/aromatic N) is 2. The minimum atomic E-state index is -0.680. The van der Waals surface area contributed by atoms with Crippen molar-refractivity contribution in [2.75, 3.05) is 5.32 Å². The highest BCUT2D eigenvalue weighted by atomic mass is 16.2. The first kappa shape index (κ1) is 9.11. The number of urea groups is 1. The first-order valence-electron chi connectivity index (χ1n) is 3.38. The summed E-state index contributed by atoms with van der Waals surface area (Å²) < 4.78 is 0. The van der Waals surface area contributed by atoms with E-state index in [4.69, 9.17) is 0 Å². The zero-order valence-electron chi connectivity index (χ0n) is 6.65. The van der Waals surface area contributed by atoms with Gasteiger partial charge in [0.2, 0.25) is 5.91 Å². The predicted molar refractivity (Wildman–Crippen MR) is 44.6 cm³/mol. The van der Waals surface area contributed by atoms with E-state index in [1.807, 2.05) is 5.32 Å². The fourth-order valence-corrected chi connectivity index (χ4v) is 0.638. The summed E-state index contributed by atoms with van der Waals surface area (Å²) in [5, 5.41) is 4.21. The van der Waals surface area contributed by atoms with Crippen LogP contribution in [0, 0.1) is 6.92 Å². The molecule has 3 amide bonds. The average Bonchev–Trinajstić information content (AvgIpc) is 2.04. The summed E-state index contributed by atoms with van der Waals surface area (Å²) in [5.74, 6) is -0.414. The standard InChI is InChI=1S/C7H7N4O2/c1-5(12)10-7(13)11-6-4-8-2-3-9-6/h2-4H,1H2,(H2,9,10,11,12,13). The highest BCUT2D eigenvalue weighted by Crippen LogP contribution is 1.95. The van der Waals surface area contributed by atoms with Crippen LogP contribution in [0.15, 0.2) is 18.6 Å². The second kappa shape index (κ2) is 4.15. The lowest BCUT2D eigenvalue weighted by Crippen LogP contribution is -2.32. The van der Waals surface area contributed by atoms with Gasteiger partial charge in [0.1, 0.15) is 0 Å². The lowest BCUT2D eigenvalue weighted by atomic mass is 10.6. The van der Waals surface area contributed by atoms with Crippen molar-refractivity contribution in [1.29, 1.82) is 0 Å². The van der Waals surface area contributed by atoms with Crippen molar-refractivity contribution < 1.29 is 9.59 Å². The van der Waals surface area contributed by atoms with E-state index in [-0.39, 0.29) is 5.82 Å². The highest BCUT2D eigenvalue weighted by Gasteiger charge is 2.03. The van der Waals surface area contributed by atoms with Gasteiger partial charge in [-0.05, 0) is 0 Å². The molecule has 1 heterocycles. The number of anilines is 1. The normalized spacial score (nSPS) is 9.00. The fourth-order valence-electron chi connectivity index (χ4n) is 0.638. The maximum Gasteiger partial charge on any atom is 0.327 e. The molecule has 0 aliphatic carbocycles. The second-order valence-electron chi connectivity index (χ2n) is 2.09. The summed E-state index contributed by atoms with van der Waals surface area (Å²) in [6.07, 6.45) is 4.24. The minimum absolute atomic E-state index is 0.265. The molecule has 0 aromatic carbocycles. The molecule has 6 nitrogen and oxygen atoms in total. The largest absolute Gasteiger partial charge is 0.327 e. The van der Waals surface area contributed by atoms with E-state index >= 15 is 0 Å². The van der Waals surface area contributed by atoms with Gasteiger partial charge in [0.15, 0.2) is 5.82 Å². The van der Waals surface area contributed by atoms with E-state index in [0.29, 0.717) is 0 Å². The third kappa shape index (κ3) is 3.28. The molecule has 0 saturated heterocycles. The van der Waals surface area contributed by atoms with Crippen molar-refractivity contribution in [3.05, 3.63) is 25.5 Å². The molecule has 1 aromatic heterocycles. The molecule has 0 spiro atoms. The summed E-state index contributed by atoms with van der Waals surface area (Å²) in [6, 6.07) is -0.680. The van der Waals surface area contributed by atoms with Crippen LogP contribution in [0.2, 0.25) is 0 Å². The van der Waals surface area contributed by atoms with Gasteiger partial charge in [0.05, 0.1) is 6.20 Å². The van der Waals surface area contributed by atoms with Crippen molar-refractivity contribution >= 4 is 17.8 Å². The van der Waals surface area contributed by atoms with Crippen LogP contribution in [0.25, 0.3) is 0 Å². The van der Waals surface area contributed by atoms with Gasteiger partial charge in [-0.1, -0.05) is 0 Å². The summed E-state index contributed by atoms with van der Waals surface area (Å²) >= 11 is 0. The van der Waals surface area contributed by atoms with E-state index < -0.39 is 11.9 Å². The van der Waals surface area contributed by atoms with Crippen molar-refractivity contribution in [1.82, 2.24) is 15.3 Å². The fraction of sp³-hybridized carbons (Fsp3) is 0. The zero-order valence-corrected chi connectivity index (χ0v) is 6.65. The van der Waals surface area contributed by atoms with Crippen LogP contribution in [0.1, 0.15) is 0 Å². The van der Waals surface area contributed by atoms with Crippen molar-refractivity contribution in [3.8, 4) is 0 Å². The first-order chi connectivity index (χ1) is 6.18. The monoisotopic (exact) mass is 179 g/mol. The molecule has 0 fully saturated rings. The van der Waals surface area contributed by atoms with Gasteiger partial charge in [0.25, 0.3) is 0 Å². The molecule has 67 valence electrons. The minimum Gasteiger partial charge on any atom is -0.291 e. The SMILES string of the molecule is [CH2]C(=O)NC(=O)Nc1cnccn1. The molecule has 1 aromatic rings. The predicted octanol–water partition coefficient (Wildman–Crippen LogP) is -0.0412. The Hall–Kier alpha value is -1.98. The van der Waals surface area contributed by atoms with E-state index in [1.165, 1.54) is 18.6 Å². The topological polar surface area (TPSA) is 84.0 Å². The number of aromatic nitrogens is 2. The summed E-state index contributed by atoms with van der Waals surface area (Å²) in [5.41, 5.74) is 0. The average molecular weight is 179 g/mol. The third-order valence-electron chi connectivity index (χ3n) is 1.06. The van der Waals surface area contributed by atoms with Crippen LogP contribution >= 0.6 is 0 Å². The van der Waals surface area contributed by atoms with Crippen LogP contribution in [-0.4, -0.2) is 21.9 Å². The van der Waals surface area contributed by atoms with Gasteiger partial charge in [-0.15, -0.1) is 0 Å². The smallest absolute Gasteiger partial charge is 0.291 e. The van der Waals surface area contributed by atoms with Gasteiger partial charge in [0, 0.05) is 19.3 Å². The summed E-state index contributed by atoms with van der Waals surface area (Å²) in [4.78, 5) is 28.7. The first-order valence-corrected chi connectivity index (χ1v) is 3.38. The van der Waals surface area contributed by atoms with Crippen molar-refractivity contribution in [2.45, 2.75) is 0 Å².